The highest BCUT2D eigenvalue weighted by Crippen LogP contribution is 2.17. The molecule has 17 heavy (non-hydrogen) atoms. The first-order valence-corrected chi connectivity index (χ1v) is 7.02. The van der Waals surface area contributed by atoms with E-state index in [2.05, 4.69) is 10.2 Å². The summed E-state index contributed by atoms with van der Waals surface area (Å²) in [5.74, 6) is 0. The lowest BCUT2D eigenvalue weighted by molar-refractivity contribution is 0.437. The van der Waals surface area contributed by atoms with E-state index in [1.54, 1.807) is 13.8 Å². The van der Waals surface area contributed by atoms with Crippen molar-refractivity contribution in [2.75, 3.05) is 13.1 Å². The number of nitrogens with one attached hydrogen (secondary N) is 1. The van der Waals surface area contributed by atoms with E-state index < -0.39 is 10.0 Å². The fourth-order valence-electron chi connectivity index (χ4n) is 1.42. The van der Waals surface area contributed by atoms with Crippen LogP contribution in [-0.4, -0.2) is 41.0 Å². The van der Waals surface area contributed by atoms with Gasteiger partial charge in [-0.3, -0.25) is 5.10 Å². The van der Waals surface area contributed by atoms with Crippen LogP contribution in [0.2, 0.25) is 0 Å². The number of thiocarbonyl (C=S) groups is 1. The fourth-order valence-corrected chi connectivity index (χ4v) is 3.08. The zero-order chi connectivity index (χ0) is 13.1. The van der Waals surface area contributed by atoms with Gasteiger partial charge in [0.1, 0.15) is 4.90 Å². The van der Waals surface area contributed by atoms with Gasteiger partial charge in [-0.25, -0.2) is 8.42 Å². The number of aromatic nitrogens is 2. The third-order valence-corrected chi connectivity index (χ3v) is 4.65. The molecule has 0 fully saturated rings. The van der Waals surface area contributed by atoms with Crippen molar-refractivity contribution in [3.8, 4) is 0 Å². The third kappa shape index (κ3) is 3.24. The molecular formula is C9H16N4O2S2. The first-order chi connectivity index (χ1) is 7.89. The monoisotopic (exact) mass is 276 g/mol. The molecule has 1 aromatic heterocycles. The second-order valence-electron chi connectivity index (χ2n) is 3.57. The van der Waals surface area contributed by atoms with Crippen LogP contribution < -0.4 is 5.73 Å². The van der Waals surface area contributed by atoms with E-state index in [0.717, 1.165) is 0 Å². The number of hydrogen-bond acceptors (Lipinski definition) is 4. The quantitative estimate of drug-likeness (QED) is 0.734. The number of aromatic amines is 1. The summed E-state index contributed by atoms with van der Waals surface area (Å²) in [4.78, 5) is 0.504. The highest BCUT2D eigenvalue weighted by atomic mass is 32.2. The van der Waals surface area contributed by atoms with Crippen LogP contribution in [0, 0.1) is 6.92 Å². The van der Waals surface area contributed by atoms with Crippen LogP contribution in [0.25, 0.3) is 0 Å². The summed E-state index contributed by atoms with van der Waals surface area (Å²) in [6.07, 6.45) is 1.69. The Bertz CT molecular complexity index is 495. The first kappa shape index (κ1) is 14.1. The molecule has 0 aromatic carbocycles. The number of hydrogen-bond donors (Lipinski definition) is 2. The molecule has 0 radical (unpaired) electrons. The molecule has 0 unspecified atom stereocenters. The number of aryl methyl sites for hydroxylation is 1. The molecule has 0 spiro atoms. The van der Waals surface area contributed by atoms with Crippen molar-refractivity contribution in [2.45, 2.75) is 25.2 Å². The summed E-state index contributed by atoms with van der Waals surface area (Å²) in [6.45, 7) is 4.10. The van der Waals surface area contributed by atoms with Crippen molar-refractivity contribution in [3.05, 3.63) is 11.9 Å². The van der Waals surface area contributed by atoms with Gasteiger partial charge in [0.2, 0.25) is 10.0 Å². The summed E-state index contributed by atoms with van der Waals surface area (Å²) in [5.41, 5.74) is 5.91. The molecule has 0 atom stereocenters. The average molecular weight is 276 g/mol. The molecule has 0 bridgehead atoms. The zero-order valence-corrected chi connectivity index (χ0v) is 11.4. The predicted molar refractivity (Wildman–Crippen MR) is 69.2 cm³/mol. The van der Waals surface area contributed by atoms with Gasteiger partial charge in [0.25, 0.3) is 0 Å². The van der Waals surface area contributed by atoms with Crippen LogP contribution >= 0.6 is 12.2 Å². The van der Waals surface area contributed by atoms with Crippen LogP contribution in [0.1, 0.15) is 19.0 Å². The smallest absolute Gasteiger partial charge is 0.246 e. The lowest BCUT2D eigenvalue weighted by Crippen LogP contribution is -2.33. The molecule has 0 amide bonds. The summed E-state index contributed by atoms with van der Waals surface area (Å²) >= 11 is 4.75. The van der Waals surface area contributed by atoms with Crippen LogP contribution in [0.5, 0.6) is 0 Å². The van der Waals surface area contributed by atoms with Gasteiger partial charge < -0.3 is 5.73 Å². The lowest BCUT2D eigenvalue weighted by atomic mass is 10.4. The number of H-pyrrole nitrogens is 1. The molecule has 8 heteroatoms. The molecule has 0 saturated heterocycles. The maximum atomic E-state index is 12.2. The largest absolute Gasteiger partial charge is 0.393 e. The molecule has 1 aromatic rings. The Hall–Kier alpha value is -0.990. The van der Waals surface area contributed by atoms with E-state index in [4.69, 9.17) is 18.0 Å². The van der Waals surface area contributed by atoms with E-state index in [1.165, 1.54) is 10.5 Å². The summed E-state index contributed by atoms with van der Waals surface area (Å²) in [5, 5.41) is 6.33. The van der Waals surface area contributed by atoms with E-state index in [0.29, 0.717) is 30.2 Å². The molecule has 0 aliphatic carbocycles. The van der Waals surface area contributed by atoms with Gasteiger partial charge in [-0.1, -0.05) is 19.1 Å². The Balaban J connectivity index is 2.95. The highest BCUT2D eigenvalue weighted by Gasteiger charge is 2.25. The van der Waals surface area contributed by atoms with Crippen molar-refractivity contribution in [2.24, 2.45) is 5.73 Å². The highest BCUT2D eigenvalue weighted by molar-refractivity contribution is 7.89. The van der Waals surface area contributed by atoms with Gasteiger partial charge in [-0.05, 0) is 6.92 Å². The molecule has 0 saturated carbocycles. The molecule has 1 heterocycles. The average Bonchev–Trinajstić information content (AvgIpc) is 2.65. The molecular weight excluding hydrogens is 260 g/mol. The van der Waals surface area contributed by atoms with Crippen molar-refractivity contribution < 1.29 is 8.42 Å². The van der Waals surface area contributed by atoms with Gasteiger partial charge in [0.15, 0.2) is 0 Å². The Morgan fingerprint density at radius 1 is 1.65 bits per heavy atom. The fraction of sp³-hybridized carbons (Fsp3) is 0.556. The molecule has 0 aliphatic heterocycles. The maximum Gasteiger partial charge on any atom is 0.246 e. The topological polar surface area (TPSA) is 92.1 Å². The number of nitrogens with two attached hydrogens (primary N) is 1. The summed E-state index contributed by atoms with van der Waals surface area (Å²) < 4.78 is 25.8. The number of rotatable bonds is 6. The van der Waals surface area contributed by atoms with Gasteiger partial charge >= 0.3 is 0 Å². The normalized spacial score (nSPS) is 11.9. The van der Waals surface area contributed by atoms with Crippen LogP contribution in [0.4, 0.5) is 0 Å². The van der Waals surface area contributed by atoms with E-state index >= 15 is 0 Å². The molecule has 96 valence electrons. The first-order valence-electron chi connectivity index (χ1n) is 5.18. The van der Waals surface area contributed by atoms with Crippen molar-refractivity contribution in [3.63, 3.8) is 0 Å². The van der Waals surface area contributed by atoms with Crippen LogP contribution in [0.3, 0.4) is 0 Å². The van der Waals surface area contributed by atoms with Crippen LogP contribution in [-0.2, 0) is 10.0 Å². The minimum atomic E-state index is -3.51. The second kappa shape index (κ2) is 5.56. The Kier molecular flexibility index (Phi) is 4.61. The summed E-state index contributed by atoms with van der Waals surface area (Å²) in [7, 11) is -3.51. The molecule has 1 rings (SSSR count). The standard InChI is InChI=1S/C9H16N4O2S2/c1-3-13(5-4-9(10)16)17(14,15)8-6-11-12-7(8)2/h6H,3-5H2,1-2H3,(H2,10,16)(H,11,12). The minimum absolute atomic E-state index is 0.197. The Morgan fingerprint density at radius 3 is 2.71 bits per heavy atom. The lowest BCUT2D eigenvalue weighted by Gasteiger charge is -2.19. The van der Waals surface area contributed by atoms with Gasteiger partial charge in [-0.15, -0.1) is 0 Å². The second-order valence-corrected chi connectivity index (χ2v) is 6.00. The maximum absolute atomic E-state index is 12.2. The zero-order valence-electron chi connectivity index (χ0n) is 9.80. The van der Waals surface area contributed by atoms with E-state index in [1.807, 2.05) is 0 Å². The molecule has 3 N–H and O–H groups in total. The van der Waals surface area contributed by atoms with Gasteiger partial charge in [-0.2, -0.15) is 9.40 Å². The van der Waals surface area contributed by atoms with E-state index in [9.17, 15) is 8.42 Å². The summed E-state index contributed by atoms with van der Waals surface area (Å²) in [6, 6.07) is 0. The molecule has 0 aliphatic rings. The Labute approximate surface area is 106 Å². The van der Waals surface area contributed by atoms with Gasteiger partial charge in [0, 0.05) is 19.5 Å². The third-order valence-electron chi connectivity index (χ3n) is 2.36. The minimum Gasteiger partial charge on any atom is -0.393 e. The molecule has 6 nitrogen and oxygen atoms in total. The van der Waals surface area contributed by atoms with Crippen LogP contribution in [0.15, 0.2) is 11.1 Å². The predicted octanol–water partition coefficient (Wildman–Crippen LogP) is 0.405. The van der Waals surface area contributed by atoms with E-state index in [-0.39, 0.29) is 4.90 Å². The SMILES string of the molecule is CCN(CCC(N)=S)S(=O)(=O)c1cn[nH]c1C. The Morgan fingerprint density at radius 2 is 2.29 bits per heavy atom. The van der Waals surface area contributed by atoms with Crippen molar-refractivity contribution in [1.82, 2.24) is 14.5 Å². The van der Waals surface area contributed by atoms with Gasteiger partial charge in [0.05, 0.1) is 16.9 Å². The number of sulfonamides is 1. The van der Waals surface area contributed by atoms with Crippen molar-refractivity contribution in [1.29, 1.82) is 0 Å². The number of nitrogens with zero attached hydrogens (tertiary/aromatic N) is 2. The van der Waals surface area contributed by atoms with Crippen molar-refractivity contribution >= 4 is 27.2 Å².